The fraction of sp³-hybridized carbons (Fsp3) is 1.00. The Morgan fingerprint density at radius 1 is 1.17 bits per heavy atom. The molecular weight excluding hydrogens is 154 g/mol. The topological polar surface area (TPSA) is 30.0 Å². The van der Waals surface area contributed by atoms with E-state index in [1.54, 1.807) is 0 Å². The number of aliphatic hydroxyl groups is 1. The number of hydrogen-bond donors (Lipinski definition) is 1. The molecule has 0 radical (unpaired) electrons. The summed E-state index contributed by atoms with van der Waals surface area (Å²) in [6, 6.07) is 0. The summed E-state index contributed by atoms with van der Waals surface area (Å²) in [5.41, 5.74) is 0. The molecule has 1 saturated heterocycles. The van der Waals surface area contributed by atoms with Gasteiger partial charge in [0.25, 0.3) is 0 Å². The second kappa shape index (κ2) is 4.18. The Labute approximate surface area is 74.4 Å². The minimum atomic E-state index is -0.418. The van der Waals surface area contributed by atoms with Crippen molar-refractivity contribution in [1.82, 2.24) is 14.7 Å². The lowest BCUT2D eigenvalue weighted by Gasteiger charge is -2.37. The van der Waals surface area contributed by atoms with Gasteiger partial charge in [0.1, 0.15) is 0 Å². The standard InChI is InChI=1S/C8H19N3O/c1-9(2)8(12)11-6-4-10(3)5-7-11/h8,12H,4-7H2,1-3H3/t8-/m1/s1. The highest BCUT2D eigenvalue weighted by Crippen LogP contribution is 2.03. The molecule has 72 valence electrons. The summed E-state index contributed by atoms with van der Waals surface area (Å²) in [7, 11) is 5.89. The lowest BCUT2D eigenvalue weighted by Crippen LogP contribution is -2.53. The Balaban J connectivity index is 2.34. The van der Waals surface area contributed by atoms with Crippen LogP contribution in [0.25, 0.3) is 0 Å². The quantitative estimate of drug-likeness (QED) is 0.547. The summed E-state index contributed by atoms with van der Waals surface area (Å²) >= 11 is 0. The molecule has 0 aliphatic carbocycles. The molecule has 1 N–H and O–H groups in total. The molecule has 1 heterocycles. The molecule has 0 bridgehead atoms. The molecule has 0 aromatic heterocycles. The van der Waals surface area contributed by atoms with Gasteiger partial charge in [-0.15, -0.1) is 0 Å². The van der Waals surface area contributed by atoms with Crippen LogP contribution in [0.2, 0.25) is 0 Å². The van der Waals surface area contributed by atoms with Gasteiger partial charge < -0.3 is 10.0 Å². The van der Waals surface area contributed by atoms with E-state index < -0.39 is 6.35 Å². The molecule has 0 aromatic rings. The fourth-order valence-corrected chi connectivity index (χ4v) is 1.38. The van der Waals surface area contributed by atoms with Crippen molar-refractivity contribution in [2.24, 2.45) is 0 Å². The molecule has 1 rings (SSSR count). The van der Waals surface area contributed by atoms with Gasteiger partial charge in [-0.25, -0.2) is 0 Å². The van der Waals surface area contributed by atoms with E-state index in [-0.39, 0.29) is 0 Å². The van der Waals surface area contributed by atoms with Crippen LogP contribution in [0.4, 0.5) is 0 Å². The molecule has 0 amide bonds. The number of aliphatic hydroxyl groups excluding tert-OH is 1. The Morgan fingerprint density at radius 3 is 2.08 bits per heavy atom. The van der Waals surface area contributed by atoms with Crippen molar-refractivity contribution in [3.05, 3.63) is 0 Å². The van der Waals surface area contributed by atoms with Gasteiger partial charge in [0.05, 0.1) is 0 Å². The van der Waals surface area contributed by atoms with Gasteiger partial charge >= 0.3 is 0 Å². The van der Waals surface area contributed by atoms with E-state index in [1.165, 1.54) is 0 Å². The normalized spacial score (nSPS) is 24.8. The van der Waals surface area contributed by atoms with Gasteiger partial charge in [-0.3, -0.25) is 9.80 Å². The van der Waals surface area contributed by atoms with Crippen LogP contribution in [0, 0.1) is 0 Å². The summed E-state index contributed by atoms with van der Waals surface area (Å²) in [6.45, 7) is 4.00. The third-order valence-electron chi connectivity index (χ3n) is 2.33. The first-order chi connectivity index (χ1) is 5.61. The highest BCUT2D eigenvalue weighted by atomic mass is 16.3. The number of nitrogens with zero attached hydrogens (tertiary/aromatic N) is 3. The summed E-state index contributed by atoms with van der Waals surface area (Å²) < 4.78 is 0. The maximum Gasteiger partial charge on any atom is 0.165 e. The maximum atomic E-state index is 9.67. The van der Waals surface area contributed by atoms with Gasteiger partial charge in [0, 0.05) is 26.2 Å². The first-order valence-electron chi connectivity index (χ1n) is 4.38. The van der Waals surface area contributed by atoms with Crippen LogP contribution in [0.3, 0.4) is 0 Å². The second-order valence-corrected chi connectivity index (χ2v) is 3.65. The van der Waals surface area contributed by atoms with Crippen LogP contribution in [0.5, 0.6) is 0 Å². The summed E-state index contributed by atoms with van der Waals surface area (Å²) in [4.78, 5) is 6.18. The Hall–Kier alpha value is -0.160. The van der Waals surface area contributed by atoms with Crippen LogP contribution in [0.1, 0.15) is 0 Å². The van der Waals surface area contributed by atoms with Crippen molar-refractivity contribution in [1.29, 1.82) is 0 Å². The van der Waals surface area contributed by atoms with Crippen LogP contribution >= 0.6 is 0 Å². The van der Waals surface area contributed by atoms with E-state index in [0.717, 1.165) is 26.2 Å². The van der Waals surface area contributed by atoms with Crippen LogP contribution < -0.4 is 0 Å². The van der Waals surface area contributed by atoms with Crippen LogP contribution in [-0.4, -0.2) is 73.5 Å². The second-order valence-electron chi connectivity index (χ2n) is 3.65. The van der Waals surface area contributed by atoms with E-state index in [0.29, 0.717) is 0 Å². The zero-order chi connectivity index (χ0) is 9.14. The lowest BCUT2D eigenvalue weighted by molar-refractivity contribution is -0.103. The van der Waals surface area contributed by atoms with Crippen molar-refractivity contribution in [3.63, 3.8) is 0 Å². The highest BCUT2D eigenvalue weighted by molar-refractivity contribution is 4.70. The van der Waals surface area contributed by atoms with E-state index >= 15 is 0 Å². The van der Waals surface area contributed by atoms with Gasteiger partial charge in [0.2, 0.25) is 0 Å². The smallest absolute Gasteiger partial charge is 0.165 e. The van der Waals surface area contributed by atoms with E-state index in [2.05, 4.69) is 16.8 Å². The van der Waals surface area contributed by atoms with Gasteiger partial charge in [0.15, 0.2) is 6.35 Å². The van der Waals surface area contributed by atoms with Gasteiger partial charge in [-0.05, 0) is 21.1 Å². The molecule has 4 heteroatoms. The molecule has 1 aliphatic rings. The molecule has 0 spiro atoms. The largest absolute Gasteiger partial charge is 0.365 e. The predicted molar refractivity (Wildman–Crippen MR) is 48.8 cm³/mol. The van der Waals surface area contributed by atoms with Crippen molar-refractivity contribution < 1.29 is 5.11 Å². The zero-order valence-electron chi connectivity index (χ0n) is 8.19. The van der Waals surface area contributed by atoms with Crippen molar-refractivity contribution in [2.45, 2.75) is 6.35 Å². The monoisotopic (exact) mass is 173 g/mol. The summed E-state index contributed by atoms with van der Waals surface area (Å²) in [5.74, 6) is 0. The number of rotatable bonds is 2. The van der Waals surface area contributed by atoms with Crippen molar-refractivity contribution in [3.8, 4) is 0 Å². The molecule has 1 atom stereocenters. The highest BCUT2D eigenvalue weighted by Gasteiger charge is 2.21. The lowest BCUT2D eigenvalue weighted by atomic mass is 10.3. The van der Waals surface area contributed by atoms with Crippen molar-refractivity contribution in [2.75, 3.05) is 47.3 Å². The van der Waals surface area contributed by atoms with Crippen molar-refractivity contribution >= 4 is 0 Å². The maximum absolute atomic E-state index is 9.67. The average molecular weight is 173 g/mol. The molecule has 1 aliphatic heterocycles. The molecule has 0 aromatic carbocycles. The minimum absolute atomic E-state index is 0.418. The Morgan fingerprint density at radius 2 is 1.67 bits per heavy atom. The molecular formula is C8H19N3O. The Kier molecular flexibility index (Phi) is 3.46. The van der Waals surface area contributed by atoms with E-state index in [9.17, 15) is 5.11 Å². The van der Waals surface area contributed by atoms with Crippen LogP contribution in [0.15, 0.2) is 0 Å². The van der Waals surface area contributed by atoms with Crippen LogP contribution in [-0.2, 0) is 0 Å². The van der Waals surface area contributed by atoms with Gasteiger partial charge in [-0.1, -0.05) is 0 Å². The summed E-state index contributed by atoms with van der Waals surface area (Å²) in [5, 5.41) is 9.67. The third-order valence-corrected chi connectivity index (χ3v) is 2.33. The third kappa shape index (κ3) is 2.42. The Bertz CT molecular complexity index is 132. The zero-order valence-corrected chi connectivity index (χ0v) is 8.19. The molecule has 12 heavy (non-hydrogen) atoms. The average Bonchev–Trinajstić information content (AvgIpc) is 2.04. The molecule has 1 fully saturated rings. The van der Waals surface area contributed by atoms with Gasteiger partial charge in [-0.2, -0.15) is 0 Å². The predicted octanol–water partition coefficient (Wildman–Crippen LogP) is -0.929. The van der Waals surface area contributed by atoms with E-state index in [4.69, 9.17) is 0 Å². The summed E-state index contributed by atoms with van der Waals surface area (Å²) in [6.07, 6.45) is -0.418. The first-order valence-corrected chi connectivity index (χ1v) is 4.38. The molecule has 0 saturated carbocycles. The molecule has 0 unspecified atom stereocenters. The minimum Gasteiger partial charge on any atom is -0.365 e. The number of likely N-dealkylation sites (N-methyl/N-ethyl adjacent to an activating group) is 1. The number of piperazine rings is 1. The fourth-order valence-electron chi connectivity index (χ4n) is 1.38. The number of hydrogen-bond acceptors (Lipinski definition) is 4. The first kappa shape index (κ1) is 9.92. The van der Waals surface area contributed by atoms with E-state index in [1.807, 2.05) is 19.0 Å². The molecule has 4 nitrogen and oxygen atoms in total. The SMILES string of the molecule is CN1CCN([C@H](O)N(C)C)CC1.